The Hall–Kier alpha value is -0.220. The fourth-order valence-electron chi connectivity index (χ4n) is 1.44. The van der Waals surface area contributed by atoms with Crippen LogP contribution in [-0.2, 0) is 0 Å². The van der Waals surface area contributed by atoms with Crippen LogP contribution in [0, 0.1) is 0 Å². The minimum Gasteiger partial charge on any atom is -0.360 e. The van der Waals surface area contributed by atoms with Crippen LogP contribution in [0.2, 0.25) is 0 Å². The van der Waals surface area contributed by atoms with Crippen molar-refractivity contribution < 1.29 is 0 Å². The minimum atomic E-state index is 0.216. The zero-order valence-corrected chi connectivity index (χ0v) is 12.0. The highest BCUT2D eigenvalue weighted by Gasteiger charge is 2.23. The molecule has 1 fully saturated rings. The molecule has 0 aromatic rings. The summed E-state index contributed by atoms with van der Waals surface area (Å²) >= 11 is 1.85. The van der Waals surface area contributed by atoms with Crippen molar-refractivity contribution in [3.63, 3.8) is 0 Å². The fraction of sp³-hybridized carbons (Fsp3) is 0.917. The number of amidine groups is 1. The molecule has 94 valence electrons. The van der Waals surface area contributed by atoms with Crippen molar-refractivity contribution in [2.75, 3.05) is 25.9 Å². The van der Waals surface area contributed by atoms with E-state index >= 15 is 0 Å². The quantitative estimate of drug-likeness (QED) is 0.820. The predicted molar refractivity (Wildman–Crippen MR) is 74.4 cm³/mol. The van der Waals surface area contributed by atoms with Crippen LogP contribution in [0.5, 0.6) is 0 Å². The number of likely N-dealkylation sites (N-methyl/N-ethyl adjacent to an activating group) is 1. The molecule has 1 heterocycles. The Kier molecular flexibility index (Phi) is 5.12. The van der Waals surface area contributed by atoms with E-state index in [0.717, 1.165) is 18.3 Å². The van der Waals surface area contributed by atoms with Crippen LogP contribution in [0.25, 0.3) is 0 Å². The van der Waals surface area contributed by atoms with E-state index in [4.69, 9.17) is 0 Å². The summed E-state index contributed by atoms with van der Waals surface area (Å²) < 4.78 is 0. The van der Waals surface area contributed by atoms with E-state index < -0.39 is 0 Å². The molecule has 1 saturated heterocycles. The van der Waals surface area contributed by atoms with Crippen molar-refractivity contribution in [1.29, 1.82) is 0 Å². The van der Waals surface area contributed by atoms with E-state index in [9.17, 15) is 0 Å². The maximum absolute atomic E-state index is 4.63. The molecule has 0 aromatic carbocycles. The van der Waals surface area contributed by atoms with Gasteiger partial charge in [0.15, 0.2) is 5.17 Å². The topological polar surface area (TPSA) is 27.6 Å². The number of hydrogen-bond acceptors (Lipinski definition) is 3. The molecule has 0 aliphatic carbocycles. The first kappa shape index (κ1) is 13.8. The van der Waals surface area contributed by atoms with Gasteiger partial charge in [-0.25, -0.2) is 0 Å². The SMILES string of the molecule is CC(C)N(C)CCN=C1NC(C)(C)CCS1. The van der Waals surface area contributed by atoms with Crippen LogP contribution in [0.4, 0.5) is 0 Å². The molecule has 4 heteroatoms. The van der Waals surface area contributed by atoms with Gasteiger partial charge in [0, 0.05) is 23.9 Å². The third kappa shape index (κ3) is 4.74. The van der Waals surface area contributed by atoms with Crippen molar-refractivity contribution in [2.45, 2.75) is 45.7 Å². The number of hydrogen-bond donors (Lipinski definition) is 1. The van der Waals surface area contributed by atoms with Gasteiger partial charge in [0.1, 0.15) is 0 Å². The van der Waals surface area contributed by atoms with Crippen LogP contribution in [0.1, 0.15) is 34.1 Å². The van der Waals surface area contributed by atoms with E-state index in [0.29, 0.717) is 6.04 Å². The average Bonchev–Trinajstić information content (AvgIpc) is 2.15. The molecule has 0 bridgehead atoms. The van der Waals surface area contributed by atoms with E-state index in [1.807, 2.05) is 11.8 Å². The molecule has 1 rings (SSSR count). The summed E-state index contributed by atoms with van der Waals surface area (Å²) in [6, 6.07) is 0.601. The number of aliphatic imine (C=N–C) groups is 1. The second kappa shape index (κ2) is 5.92. The Labute approximate surface area is 104 Å². The molecule has 0 spiro atoms. The van der Waals surface area contributed by atoms with Crippen LogP contribution in [0.3, 0.4) is 0 Å². The summed E-state index contributed by atoms with van der Waals surface area (Å²) in [6.07, 6.45) is 1.21. The average molecular weight is 243 g/mol. The Morgan fingerprint density at radius 2 is 2.19 bits per heavy atom. The normalized spacial score (nSPS) is 22.8. The van der Waals surface area contributed by atoms with Gasteiger partial charge in [-0.3, -0.25) is 4.99 Å². The molecule has 0 amide bonds. The monoisotopic (exact) mass is 243 g/mol. The Bertz CT molecular complexity index is 249. The number of nitrogens with one attached hydrogen (secondary N) is 1. The van der Waals surface area contributed by atoms with E-state index in [1.54, 1.807) is 0 Å². The maximum atomic E-state index is 4.63. The summed E-state index contributed by atoms with van der Waals surface area (Å²) in [6.45, 7) is 10.8. The van der Waals surface area contributed by atoms with Crippen LogP contribution in [-0.4, -0.2) is 47.5 Å². The van der Waals surface area contributed by atoms with Crippen LogP contribution in [0.15, 0.2) is 4.99 Å². The molecular formula is C12H25N3S. The Morgan fingerprint density at radius 1 is 1.50 bits per heavy atom. The Balaban J connectivity index is 2.34. The lowest BCUT2D eigenvalue weighted by molar-refractivity contribution is 0.282. The highest BCUT2D eigenvalue weighted by molar-refractivity contribution is 8.13. The van der Waals surface area contributed by atoms with Crippen molar-refractivity contribution in [3.8, 4) is 0 Å². The van der Waals surface area contributed by atoms with Gasteiger partial charge in [-0.05, 0) is 41.2 Å². The van der Waals surface area contributed by atoms with Gasteiger partial charge in [-0.1, -0.05) is 11.8 Å². The zero-order valence-electron chi connectivity index (χ0n) is 11.2. The molecular weight excluding hydrogens is 218 g/mol. The molecule has 0 atom stereocenters. The number of thioether (sulfide) groups is 1. The minimum absolute atomic E-state index is 0.216. The molecule has 1 N–H and O–H groups in total. The van der Waals surface area contributed by atoms with Gasteiger partial charge in [-0.15, -0.1) is 0 Å². The predicted octanol–water partition coefficient (Wildman–Crippen LogP) is 2.19. The zero-order chi connectivity index (χ0) is 12.2. The summed E-state index contributed by atoms with van der Waals surface area (Å²) in [7, 11) is 2.15. The highest BCUT2D eigenvalue weighted by Crippen LogP contribution is 2.21. The van der Waals surface area contributed by atoms with Gasteiger partial charge in [0.25, 0.3) is 0 Å². The summed E-state index contributed by atoms with van der Waals surface area (Å²) in [5, 5.41) is 4.61. The highest BCUT2D eigenvalue weighted by atomic mass is 32.2. The van der Waals surface area contributed by atoms with Gasteiger partial charge >= 0.3 is 0 Å². The number of rotatable bonds is 4. The van der Waals surface area contributed by atoms with Crippen molar-refractivity contribution in [1.82, 2.24) is 10.2 Å². The molecule has 0 unspecified atom stereocenters. The number of nitrogens with zero attached hydrogens (tertiary/aromatic N) is 2. The molecule has 0 aromatic heterocycles. The summed E-state index contributed by atoms with van der Waals surface area (Å²) in [5.74, 6) is 1.18. The fourth-order valence-corrected chi connectivity index (χ4v) is 2.78. The third-order valence-electron chi connectivity index (χ3n) is 3.00. The lowest BCUT2D eigenvalue weighted by Gasteiger charge is -2.32. The van der Waals surface area contributed by atoms with Gasteiger partial charge < -0.3 is 10.2 Å². The smallest absolute Gasteiger partial charge is 0.157 e. The molecule has 1 aliphatic rings. The molecule has 1 aliphatic heterocycles. The first-order valence-electron chi connectivity index (χ1n) is 6.06. The second-order valence-electron chi connectivity index (χ2n) is 5.37. The third-order valence-corrected chi connectivity index (χ3v) is 3.91. The van der Waals surface area contributed by atoms with Gasteiger partial charge in [0.05, 0.1) is 6.54 Å². The molecule has 0 saturated carbocycles. The van der Waals surface area contributed by atoms with Gasteiger partial charge in [-0.2, -0.15) is 0 Å². The molecule has 16 heavy (non-hydrogen) atoms. The first-order chi connectivity index (χ1) is 7.41. The standard InChI is InChI=1S/C12H25N3S/c1-10(2)15(5)8-7-13-11-14-12(3,4)6-9-16-11/h10H,6-9H2,1-5H3,(H,13,14). The molecule has 3 nitrogen and oxygen atoms in total. The van der Waals surface area contributed by atoms with E-state index in [1.165, 1.54) is 12.2 Å². The van der Waals surface area contributed by atoms with Crippen LogP contribution >= 0.6 is 11.8 Å². The second-order valence-corrected chi connectivity index (χ2v) is 6.45. The first-order valence-corrected chi connectivity index (χ1v) is 7.05. The van der Waals surface area contributed by atoms with E-state index in [-0.39, 0.29) is 5.54 Å². The van der Waals surface area contributed by atoms with Crippen molar-refractivity contribution in [2.24, 2.45) is 4.99 Å². The van der Waals surface area contributed by atoms with Crippen molar-refractivity contribution in [3.05, 3.63) is 0 Å². The van der Waals surface area contributed by atoms with Gasteiger partial charge in [0.2, 0.25) is 0 Å². The van der Waals surface area contributed by atoms with E-state index in [2.05, 4.69) is 50.0 Å². The summed E-state index contributed by atoms with van der Waals surface area (Å²) in [5.41, 5.74) is 0.216. The van der Waals surface area contributed by atoms with Crippen molar-refractivity contribution >= 4 is 16.9 Å². The van der Waals surface area contributed by atoms with Crippen LogP contribution < -0.4 is 5.32 Å². The maximum Gasteiger partial charge on any atom is 0.157 e. The summed E-state index contributed by atoms with van der Waals surface area (Å²) in [4.78, 5) is 6.95. The largest absolute Gasteiger partial charge is 0.360 e. The lowest BCUT2D eigenvalue weighted by Crippen LogP contribution is -2.46. The lowest BCUT2D eigenvalue weighted by atomic mass is 10.0. The Morgan fingerprint density at radius 3 is 2.75 bits per heavy atom. The molecule has 0 radical (unpaired) electrons.